The number of amides is 8. The van der Waals surface area contributed by atoms with Crippen LogP contribution in [-0.2, 0) is 76.8 Å². The molecule has 0 bridgehead atoms. The Morgan fingerprint density at radius 3 is 2.01 bits per heavy atom. The molecule has 8 amide bonds. The van der Waals surface area contributed by atoms with Crippen LogP contribution in [-0.4, -0.2) is 183 Å². The minimum absolute atomic E-state index is 0.0301. The molecule has 13 N–H and O–H groups in total. The third kappa shape index (κ3) is 21.8. The van der Waals surface area contributed by atoms with Crippen molar-refractivity contribution in [3.05, 3.63) is 66.3 Å². The second kappa shape index (κ2) is 34.4. The molecule has 93 heavy (non-hydrogen) atoms. The SMILES string of the molecule is CC[C@H](C)C(CC(=O)[C@@H](C)NC(=O)[C@@H](CC(=O)[C@@H](CSC1CC(=O)N(CC2CCC(C(=O)C(C)(C)C)CC2)C1=O)NC(C)=O)Cc1cnc[nH]1)C(=O)N[C@@H](Cc1ccc(O)cc1)C(=O)N1CCC[C@H]1C(=O)N[C@@H](CCCN=C(N)N)C(=O)N[C@@H](Cc1cnc[nH]1)C(=O)O. The fourth-order valence-corrected chi connectivity index (χ4v) is 13.3. The van der Waals surface area contributed by atoms with Crippen molar-refractivity contribution in [1.29, 1.82) is 0 Å². The average molecular weight is 1310 g/mol. The lowest BCUT2D eigenvalue weighted by Crippen LogP contribution is -2.58. The number of aromatic amines is 2. The van der Waals surface area contributed by atoms with Crippen molar-refractivity contribution in [2.45, 2.75) is 186 Å². The van der Waals surface area contributed by atoms with Crippen LogP contribution in [0.4, 0.5) is 0 Å². The van der Waals surface area contributed by atoms with E-state index in [1.165, 1.54) is 60.8 Å². The Bertz CT molecular complexity index is 3140. The largest absolute Gasteiger partial charge is 0.508 e. The monoisotopic (exact) mass is 1310 g/mol. The molecule has 1 aliphatic carbocycles. The molecule has 10 atom stereocenters. The number of thioether (sulfide) groups is 1. The van der Waals surface area contributed by atoms with Gasteiger partial charge in [-0.1, -0.05) is 53.2 Å². The maximum absolute atomic E-state index is 14.9. The van der Waals surface area contributed by atoms with Crippen molar-refractivity contribution in [2.75, 3.05) is 25.4 Å². The summed E-state index contributed by atoms with van der Waals surface area (Å²) in [6.45, 7) is 12.3. The summed E-state index contributed by atoms with van der Waals surface area (Å²) in [5.41, 5.74) is 12.0. The van der Waals surface area contributed by atoms with E-state index in [9.17, 15) is 67.7 Å². The number of hydrogen-bond donors (Lipinski definition) is 11. The Morgan fingerprint density at radius 1 is 0.774 bits per heavy atom. The molecule has 508 valence electrons. The van der Waals surface area contributed by atoms with Crippen molar-refractivity contribution in [3.8, 4) is 5.75 Å². The number of nitrogens with two attached hydrogens (primary N) is 2. The lowest BCUT2D eigenvalue weighted by Gasteiger charge is -2.32. The van der Waals surface area contributed by atoms with E-state index in [-0.39, 0.29) is 106 Å². The van der Waals surface area contributed by atoms with Gasteiger partial charge >= 0.3 is 5.97 Å². The lowest BCUT2D eigenvalue weighted by molar-refractivity contribution is -0.144. The van der Waals surface area contributed by atoms with Crippen molar-refractivity contribution < 1.29 is 67.7 Å². The third-order valence-electron chi connectivity index (χ3n) is 17.6. The first kappa shape index (κ1) is 73.6. The number of aromatic nitrogens is 4. The Kier molecular flexibility index (Phi) is 27.2. The van der Waals surface area contributed by atoms with Gasteiger partial charge in [-0.05, 0) is 87.8 Å². The molecule has 0 spiro atoms. The minimum atomic E-state index is -1.41. The van der Waals surface area contributed by atoms with Gasteiger partial charge in [0.1, 0.15) is 35.7 Å². The number of phenols is 1. The van der Waals surface area contributed by atoms with Gasteiger partial charge in [0.2, 0.25) is 47.3 Å². The van der Waals surface area contributed by atoms with E-state index in [0.717, 1.165) is 11.8 Å². The number of aliphatic imine (C=N–C) groups is 1. The molecule has 0 radical (unpaired) electrons. The molecule has 2 unspecified atom stereocenters. The number of hydrogen-bond acceptors (Lipinski definition) is 17. The number of nitrogens with zero attached hydrogens (tertiary/aromatic N) is 5. The van der Waals surface area contributed by atoms with Gasteiger partial charge in [-0.3, -0.25) is 62.6 Å². The highest BCUT2D eigenvalue weighted by atomic mass is 32.2. The van der Waals surface area contributed by atoms with Gasteiger partial charge in [0, 0.05) is 112 Å². The molecular formula is C64H92N14O14S. The summed E-state index contributed by atoms with van der Waals surface area (Å²) in [7, 11) is 0. The van der Waals surface area contributed by atoms with E-state index in [1.807, 2.05) is 27.7 Å². The van der Waals surface area contributed by atoms with E-state index in [1.54, 1.807) is 19.1 Å². The van der Waals surface area contributed by atoms with Crippen molar-refractivity contribution >= 4 is 88.3 Å². The predicted octanol–water partition coefficient (Wildman–Crippen LogP) is 1.94. The smallest absolute Gasteiger partial charge is 0.326 e. The Morgan fingerprint density at radius 2 is 1.42 bits per heavy atom. The van der Waals surface area contributed by atoms with Crippen LogP contribution in [0.5, 0.6) is 5.75 Å². The number of rotatable bonds is 35. The summed E-state index contributed by atoms with van der Waals surface area (Å²) >= 11 is 1.07. The second-order valence-electron chi connectivity index (χ2n) is 25.8. The summed E-state index contributed by atoms with van der Waals surface area (Å²) in [5, 5.41) is 32.8. The molecule has 28 nitrogen and oxygen atoms in total. The third-order valence-corrected chi connectivity index (χ3v) is 18.9. The summed E-state index contributed by atoms with van der Waals surface area (Å²) in [6.07, 6.45) is 8.26. The van der Waals surface area contributed by atoms with Crippen LogP contribution in [0.1, 0.15) is 142 Å². The zero-order valence-electron chi connectivity index (χ0n) is 54.1. The number of Topliss-reactive ketones (excluding diaryl/α,β-unsaturated/α-hetero) is 3. The minimum Gasteiger partial charge on any atom is -0.508 e. The van der Waals surface area contributed by atoms with E-state index in [4.69, 9.17) is 11.5 Å². The van der Waals surface area contributed by atoms with Crippen LogP contribution in [0.25, 0.3) is 0 Å². The maximum atomic E-state index is 14.9. The van der Waals surface area contributed by atoms with Gasteiger partial charge in [0.05, 0.1) is 35.9 Å². The lowest BCUT2D eigenvalue weighted by atomic mass is 9.73. The van der Waals surface area contributed by atoms with E-state index < -0.39 is 136 Å². The number of imide groups is 1. The van der Waals surface area contributed by atoms with Crippen molar-refractivity contribution in [2.24, 2.45) is 51.5 Å². The topological polar surface area (TPSA) is 434 Å². The van der Waals surface area contributed by atoms with E-state index in [0.29, 0.717) is 55.5 Å². The van der Waals surface area contributed by atoms with Crippen LogP contribution in [0.2, 0.25) is 0 Å². The molecule has 2 aliphatic heterocycles. The van der Waals surface area contributed by atoms with E-state index in [2.05, 4.69) is 51.5 Å². The quantitative estimate of drug-likeness (QED) is 0.0173. The highest BCUT2D eigenvalue weighted by molar-refractivity contribution is 8.00. The fraction of sp³-hybridized carbons (Fsp3) is 0.609. The zero-order valence-corrected chi connectivity index (χ0v) is 54.9. The molecule has 6 rings (SSSR count). The molecule has 2 saturated heterocycles. The number of carboxylic acid groups (broad SMARTS) is 1. The summed E-state index contributed by atoms with van der Waals surface area (Å²) in [4.78, 5) is 186. The number of likely N-dealkylation sites (tertiary alicyclic amines) is 2. The summed E-state index contributed by atoms with van der Waals surface area (Å²) in [6, 6.07) is -1.65. The molecule has 1 aromatic carbocycles. The molecule has 1 saturated carbocycles. The number of carboxylic acids is 1. The number of H-pyrrole nitrogens is 2. The number of phenolic OH excluding ortho intramolecular Hbond substituents is 1. The summed E-state index contributed by atoms with van der Waals surface area (Å²) < 4.78 is 0. The Labute approximate surface area is 545 Å². The molecule has 2 aromatic heterocycles. The number of imidazole rings is 2. The highest BCUT2D eigenvalue weighted by Gasteiger charge is 2.44. The van der Waals surface area contributed by atoms with Crippen LogP contribution in [0.15, 0.2) is 54.3 Å². The molecule has 4 heterocycles. The molecule has 3 aromatic rings. The van der Waals surface area contributed by atoms with E-state index >= 15 is 0 Å². The first-order valence-electron chi connectivity index (χ1n) is 31.9. The van der Waals surface area contributed by atoms with Gasteiger partial charge in [-0.2, -0.15) is 0 Å². The normalized spacial score (nSPS) is 20.0. The van der Waals surface area contributed by atoms with Gasteiger partial charge in [0.25, 0.3) is 0 Å². The predicted molar refractivity (Wildman–Crippen MR) is 343 cm³/mol. The van der Waals surface area contributed by atoms with Gasteiger partial charge in [-0.15, -0.1) is 11.8 Å². The number of aliphatic carboxylic acids is 1. The Hall–Kier alpha value is -8.50. The van der Waals surface area contributed by atoms with Crippen molar-refractivity contribution in [1.82, 2.24) is 56.3 Å². The fourth-order valence-electron chi connectivity index (χ4n) is 12.1. The second-order valence-corrected chi connectivity index (χ2v) is 27.0. The van der Waals surface area contributed by atoms with Crippen LogP contribution >= 0.6 is 11.8 Å². The average Bonchev–Trinajstić information content (AvgIpc) is 1.80. The molecule has 3 fully saturated rings. The van der Waals surface area contributed by atoms with Crippen LogP contribution in [0, 0.1) is 35.0 Å². The van der Waals surface area contributed by atoms with Gasteiger partial charge in [0.15, 0.2) is 17.5 Å². The molecule has 3 aliphatic rings. The number of ketones is 3. The Balaban J connectivity index is 1.12. The number of carbonyl (C=O) groups excluding carboxylic acids is 11. The van der Waals surface area contributed by atoms with Gasteiger partial charge in [-0.25, -0.2) is 14.8 Å². The number of nitrogens with one attached hydrogen (secondary N) is 7. The van der Waals surface area contributed by atoms with Crippen LogP contribution in [0.3, 0.4) is 0 Å². The summed E-state index contributed by atoms with van der Waals surface area (Å²) in [5.74, 6) is -10.1. The maximum Gasteiger partial charge on any atom is 0.326 e. The highest BCUT2D eigenvalue weighted by Crippen LogP contribution is 2.36. The number of guanidine groups is 1. The van der Waals surface area contributed by atoms with Gasteiger partial charge < -0.3 is 63.1 Å². The first-order valence-corrected chi connectivity index (χ1v) is 32.9. The van der Waals surface area contributed by atoms with Crippen LogP contribution < -0.4 is 38.1 Å². The number of benzene rings is 1. The molecular weight excluding hydrogens is 1220 g/mol. The molecule has 29 heteroatoms. The van der Waals surface area contributed by atoms with Crippen molar-refractivity contribution in [3.63, 3.8) is 0 Å². The first-order chi connectivity index (χ1) is 44.0. The zero-order chi connectivity index (χ0) is 68.3. The number of carbonyl (C=O) groups is 12. The number of aromatic hydroxyl groups is 1. The standard InChI is InChI=1S/C64H92N14O14S/c1-8-35(2)45(57(86)75-47(23-38-15-19-44(80)20-16-38)60(89)77-22-10-12-50(77)59(88)74-46(11-9-21-69-63(65)66)58(87)76-48(62(91)92)26-43-30-68-34-71-43)27-51(81)36(3)72-56(85)41(24-42-29-67-33-70-42)25-52(82)49(73-37(4)79)32-93-53-28-54(83)78(61(53)90)31-39-13-17-40(18-14-39)55(84)64(5,6)7/h15-16,19-20,29-30,33-36,39-41,45-50,53,80H,8-14,17-18,21-28,31-32H2,1-7H3,(H,67,70)(H,68,71)(H,72,85)(H,73,79)(H,74,88)(H,75,86)(H,76,87)(H,91,92)(H4,65,66,69)/t35-,36+,39?,40?,41+,45?,46-,47-,48-,49+,50-,53?/m0/s1.